The Morgan fingerprint density at radius 1 is 0.355 bits per heavy atom. The maximum absolute atomic E-state index is 12.8. The smallest absolute Gasteiger partial charge is 0.306 e. The van der Waals surface area contributed by atoms with E-state index in [1.807, 2.05) is 0 Å². The molecule has 0 N–H and O–H groups in total. The van der Waals surface area contributed by atoms with E-state index in [0.717, 1.165) is 51.4 Å². The molecular formula is C57H106O5. The standard InChI is InChI=1S/C57H106O5/c1-4-7-10-13-16-19-22-25-28-29-31-32-35-38-41-44-47-50-56(58)61-54-55(53-60-52-49-46-43-40-37-34-27-24-21-18-15-12-9-6-3)62-57(59)51-48-45-42-39-36-33-30-26-23-20-17-14-11-8-5-2/h16,19,21,24-25,28,55H,4-15,17-18,20,22-23,26-27,29-54H2,1-3H3/b19-16-,24-21-,28-25-. The fourth-order valence-electron chi connectivity index (χ4n) is 8.01. The van der Waals surface area contributed by atoms with Crippen LogP contribution in [0.5, 0.6) is 0 Å². The van der Waals surface area contributed by atoms with Gasteiger partial charge in [-0.2, -0.15) is 0 Å². The van der Waals surface area contributed by atoms with Gasteiger partial charge in [-0.3, -0.25) is 9.59 Å². The van der Waals surface area contributed by atoms with Gasteiger partial charge in [-0.25, -0.2) is 0 Å². The molecule has 0 aromatic heterocycles. The van der Waals surface area contributed by atoms with Gasteiger partial charge in [0, 0.05) is 19.4 Å². The van der Waals surface area contributed by atoms with Crippen LogP contribution in [0.3, 0.4) is 0 Å². The summed E-state index contributed by atoms with van der Waals surface area (Å²) in [4.78, 5) is 25.4. The van der Waals surface area contributed by atoms with Crippen molar-refractivity contribution in [2.45, 2.75) is 297 Å². The number of carbonyl (C=O) groups is 2. The number of hydrogen-bond acceptors (Lipinski definition) is 5. The summed E-state index contributed by atoms with van der Waals surface area (Å²) in [6, 6.07) is 0. The number of rotatable bonds is 51. The van der Waals surface area contributed by atoms with Gasteiger partial charge in [-0.15, -0.1) is 0 Å². The Morgan fingerprint density at radius 2 is 0.677 bits per heavy atom. The topological polar surface area (TPSA) is 61.8 Å². The number of unbranched alkanes of at least 4 members (excludes halogenated alkanes) is 34. The molecule has 1 unspecified atom stereocenters. The minimum Gasteiger partial charge on any atom is -0.462 e. The average Bonchev–Trinajstić information content (AvgIpc) is 3.27. The Kier molecular flexibility index (Phi) is 51.8. The van der Waals surface area contributed by atoms with Gasteiger partial charge in [-0.05, 0) is 77.0 Å². The first-order valence-corrected chi connectivity index (χ1v) is 27.5. The Labute approximate surface area is 387 Å². The van der Waals surface area contributed by atoms with Gasteiger partial charge >= 0.3 is 11.9 Å². The summed E-state index contributed by atoms with van der Waals surface area (Å²) in [5.74, 6) is -0.393. The second-order valence-electron chi connectivity index (χ2n) is 18.5. The van der Waals surface area contributed by atoms with Crippen molar-refractivity contribution in [2.24, 2.45) is 0 Å². The molecule has 5 heteroatoms. The van der Waals surface area contributed by atoms with Crippen LogP contribution in [0.1, 0.15) is 290 Å². The van der Waals surface area contributed by atoms with E-state index in [1.54, 1.807) is 0 Å². The maximum Gasteiger partial charge on any atom is 0.306 e. The van der Waals surface area contributed by atoms with E-state index in [0.29, 0.717) is 19.4 Å². The molecule has 0 aromatic carbocycles. The van der Waals surface area contributed by atoms with Crippen LogP contribution in [0.25, 0.3) is 0 Å². The van der Waals surface area contributed by atoms with Crippen molar-refractivity contribution < 1.29 is 23.8 Å². The zero-order valence-corrected chi connectivity index (χ0v) is 41.9. The van der Waals surface area contributed by atoms with Gasteiger partial charge in [0.2, 0.25) is 0 Å². The van der Waals surface area contributed by atoms with E-state index >= 15 is 0 Å². The van der Waals surface area contributed by atoms with E-state index in [-0.39, 0.29) is 25.2 Å². The minimum absolute atomic E-state index is 0.0836. The molecule has 5 nitrogen and oxygen atoms in total. The largest absolute Gasteiger partial charge is 0.462 e. The van der Waals surface area contributed by atoms with E-state index < -0.39 is 6.10 Å². The van der Waals surface area contributed by atoms with Crippen molar-refractivity contribution in [1.82, 2.24) is 0 Å². The minimum atomic E-state index is -0.538. The van der Waals surface area contributed by atoms with E-state index in [1.165, 1.54) is 205 Å². The summed E-state index contributed by atoms with van der Waals surface area (Å²) in [6.07, 6.45) is 64.3. The molecule has 0 fully saturated rings. The Morgan fingerprint density at radius 3 is 1.13 bits per heavy atom. The summed E-state index contributed by atoms with van der Waals surface area (Å²) >= 11 is 0. The third-order valence-corrected chi connectivity index (χ3v) is 12.1. The Hall–Kier alpha value is -1.88. The molecular weight excluding hydrogens is 765 g/mol. The lowest BCUT2D eigenvalue weighted by molar-refractivity contribution is -0.163. The molecule has 0 aromatic rings. The SMILES string of the molecule is CCCCC/C=C\C/C=C\CCCCCCCCCC(=O)OCC(COCCCCCCCC/C=C\CCCCCC)OC(=O)CCCCCCCCCCCCCCCCC. The maximum atomic E-state index is 12.8. The van der Waals surface area contributed by atoms with Gasteiger partial charge in [0.05, 0.1) is 6.61 Å². The molecule has 0 bridgehead atoms. The van der Waals surface area contributed by atoms with Crippen LogP contribution in [0, 0.1) is 0 Å². The fourth-order valence-corrected chi connectivity index (χ4v) is 8.01. The zero-order chi connectivity index (χ0) is 44.9. The first kappa shape index (κ1) is 60.1. The van der Waals surface area contributed by atoms with Crippen LogP contribution >= 0.6 is 0 Å². The Bertz CT molecular complexity index is 986. The monoisotopic (exact) mass is 871 g/mol. The molecule has 1 atom stereocenters. The second kappa shape index (κ2) is 53.5. The molecule has 0 aliphatic rings. The lowest BCUT2D eigenvalue weighted by Gasteiger charge is -2.18. The predicted octanol–water partition coefficient (Wildman–Crippen LogP) is 18.6. The molecule has 0 aliphatic heterocycles. The lowest BCUT2D eigenvalue weighted by Crippen LogP contribution is -2.30. The van der Waals surface area contributed by atoms with Crippen LogP contribution in [-0.4, -0.2) is 37.9 Å². The number of ether oxygens (including phenoxy) is 3. The highest BCUT2D eigenvalue weighted by Crippen LogP contribution is 2.16. The second-order valence-corrected chi connectivity index (χ2v) is 18.5. The summed E-state index contributed by atoms with van der Waals surface area (Å²) in [6.45, 7) is 7.82. The molecule has 0 aliphatic carbocycles. The van der Waals surface area contributed by atoms with Crippen LogP contribution in [0.15, 0.2) is 36.5 Å². The number of carbonyl (C=O) groups excluding carboxylic acids is 2. The number of hydrogen-bond donors (Lipinski definition) is 0. The first-order valence-electron chi connectivity index (χ1n) is 27.5. The van der Waals surface area contributed by atoms with Gasteiger partial charge in [0.1, 0.15) is 6.61 Å². The number of allylic oxidation sites excluding steroid dienone is 6. The van der Waals surface area contributed by atoms with Crippen molar-refractivity contribution >= 4 is 11.9 Å². The molecule has 0 rings (SSSR count). The van der Waals surface area contributed by atoms with Crippen molar-refractivity contribution in [1.29, 1.82) is 0 Å². The lowest BCUT2D eigenvalue weighted by atomic mass is 10.0. The Balaban J connectivity index is 4.25. The highest BCUT2D eigenvalue weighted by atomic mass is 16.6. The van der Waals surface area contributed by atoms with Gasteiger partial charge < -0.3 is 14.2 Å². The normalized spacial score (nSPS) is 12.4. The third kappa shape index (κ3) is 50.8. The molecule has 364 valence electrons. The van der Waals surface area contributed by atoms with E-state index in [4.69, 9.17) is 14.2 Å². The van der Waals surface area contributed by atoms with Crippen molar-refractivity contribution in [3.05, 3.63) is 36.5 Å². The van der Waals surface area contributed by atoms with Crippen molar-refractivity contribution in [2.75, 3.05) is 19.8 Å². The summed E-state index contributed by atoms with van der Waals surface area (Å²) < 4.78 is 17.4. The van der Waals surface area contributed by atoms with Gasteiger partial charge in [0.25, 0.3) is 0 Å². The molecule has 0 spiro atoms. The molecule has 0 saturated heterocycles. The zero-order valence-electron chi connectivity index (χ0n) is 41.9. The average molecular weight is 871 g/mol. The molecule has 0 heterocycles. The summed E-state index contributed by atoms with van der Waals surface area (Å²) in [7, 11) is 0. The van der Waals surface area contributed by atoms with Crippen molar-refractivity contribution in [3.8, 4) is 0 Å². The molecule has 0 radical (unpaired) electrons. The van der Waals surface area contributed by atoms with Crippen LogP contribution in [0.4, 0.5) is 0 Å². The van der Waals surface area contributed by atoms with Crippen LogP contribution < -0.4 is 0 Å². The van der Waals surface area contributed by atoms with Gasteiger partial charge in [-0.1, -0.05) is 237 Å². The quantitative estimate of drug-likeness (QED) is 0.0346. The fraction of sp³-hybridized carbons (Fsp3) is 0.860. The molecule has 0 saturated carbocycles. The highest BCUT2D eigenvalue weighted by molar-refractivity contribution is 5.70. The summed E-state index contributed by atoms with van der Waals surface area (Å²) in [5.41, 5.74) is 0. The van der Waals surface area contributed by atoms with E-state index in [2.05, 4.69) is 57.2 Å². The van der Waals surface area contributed by atoms with E-state index in [9.17, 15) is 9.59 Å². The predicted molar refractivity (Wildman–Crippen MR) is 270 cm³/mol. The van der Waals surface area contributed by atoms with Gasteiger partial charge in [0.15, 0.2) is 6.10 Å². The molecule has 0 amide bonds. The number of esters is 2. The van der Waals surface area contributed by atoms with Crippen LogP contribution in [-0.2, 0) is 23.8 Å². The third-order valence-electron chi connectivity index (χ3n) is 12.1. The molecule has 62 heavy (non-hydrogen) atoms. The highest BCUT2D eigenvalue weighted by Gasteiger charge is 2.17. The summed E-state index contributed by atoms with van der Waals surface area (Å²) in [5, 5.41) is 0. The first-order chi connectivity index (χ1) is 30.6. The van der Waals surface area contributed by atoms with Crippen LogP contribution in [0.2, 0.25) is 0 Å². The van der Waals surface area contributed by atoms with Crippen molar-refractivity contribution in [3.63, 3.8) is 0 Å².